The van der Waals surface area contributed by atoms with E-state index in [4.69, 9.17) is 5.73 Å². The SMILES string of the molecule is NC(C(=O)N1CCCC1c1cccs1)c1ccccc1. The van der Waals surface area contributed by atoms with Gasteiger partial charge in [-0.15, -0.1) is 11.3 Å². The Morgan fingerprint density at radius 1 is 1.25 bits per heavy atom. The second-order valence-electron chi connectivity index (χ2n) is 5.09. The average molecular weight is 286 g/mol. The summed E-state index contributed by atoms with van der Waals surface area (Å²) in [7, 11) is 0. The monoisotopic (exact) mass is 286 g/mol. The number of thiophene rings is 1. The smallest absolute Gasteiger partial charge is 0.244 e. The van der Waals surface area contributed by atoms with Gasteiger partial charge in [0.15, 0.2) is 0 Å². The summed E-state index contributed by atoms with van der Waals surface area (Å²) in [5.41, 5.74) is 7.03. The second kappa shape index (κ2) is 5.77. The zero-order chi connectivity index (χ0) is 13.9. The highest BCUT2D eigenvalue weighted by molar-refractivity contribution is 7.10. The third-order valence-electron chi connectivity index (χ3n) is 3.83. The Morgan fingerprint density at radius 3 is 2.75 bits per heavy atom. The first-order valence-electron chi connectivity index (χ1n) is 6.92. The van der Waals surface area contributed by atoms with Crippen molar-refractivity contribution in [3.05, 3.63) is 58.3 Å². The molecule has 1 aromatic carbocycles. The van der Waals surface area contributed by atoms with E-state index >= 15 is 0 Å². The first kappa shape index (κ1) is 13.3. The Labute approximate surface area is 123 Å². The van der Waals surface area contributed by atoms with Crippen LogP contribution < -0.4 is 5.73 Å². The minimum Gasteiger partial charge on any atom is -0.333 e. The summed E-state index contributed by atoms with van der Waals surface area (Å²) in [6.07, 6.45) is 2.09. The van der Waals surface area contributed by atoms with Crippen LogP contribution in [0.5, 0.6) is 0 Å². The lowest BCUT2D eigenvalue weighted by Gasteiger charge is -2.27. The molecule has 1 fully saturated rings. The number of benzene rings is 1. The maximum atomic E-state index is 12.7. The lowest BCUT2D eigenvalue weighted by molar-refractivity contribution is -0.133. The zero-order valence-corrected chi connectivity index (χ0v) is 12.1. The molecule has 1 aliphatic heterocycles. The van der Waals surface area contributed by atoms with Crippen LogP contribution in [-0.4, -0.2) is 17.4 Å². The highest BCUT2D eigenvalue weighted by Gasteiger charge is 2.33. The molecule has 1 amide bonds. The van der Waals surface area contributed by atoms with Gasteiger partial charge in [0.1, 0.15) is 6.04 Å². The average Bonchev–Trinajstić information content (AvgIpc) is 3.16. The predicted molar refractivity (Wildman–Crippen MR) is 81.4 cm³/mol. The summed E-state index contributed by atoms with van der Waals surface area (Å²) in [4.78, 5) is 15.9. The third kappa shape index (κ3) is 2.49. The van der Waals surface area contributed by atoms with Crippen molar-refractivity contribution in [2.75, 3.05) is 6.54 Å². The Balaban J connectivity index is 1.79. The first-order valence-corrected chi connectivity index (χ1v) is 7.80. The van der Waals surface area contributed by atoms with Gasteiger partial charge in [-0.1, -0.05) is 36.4 Å². The van der Waals surface area contributed by atoms with Gasteiger partial charge in [0.25, 0.3) is 0 Å². The number of nitrogens with two attached hydrogens (primary N) is 1. The third-order valence-corrected chi connectivity index (χ3v) is 4.81. The van der Waals surface area contributed by atoms with Crippen LogP contribution in [0.25, 0.3) is 0 Å². The van der Waals surface area contributed by atoms with Crippen LogP contribution in [-0.2, 0) is 4.79 Å². The van der Waals surface area contributed by atoms with Crippen LogP contribution in [0.1, 0.15) is 35.4 Å². The van der Waals surface area contributed by atoms with Gasteiger partial charge in [0.05, 0.1) is 6.04 Å². The van der Waals surface area contributed by atoms with Crippen molar-refractivity contribution in [3.8, 4) is 0 Å². The molecule has 1 aromatic heterocycles. The molecule has 1 saturated heterocycles. The molecule has 2 unspecified atom stereocenters. The number of carbonyl (C=O) groups excluding carboxylic acids is 1. The Morgan fingerprint density at radius 2 is 2.05 bits per heavy atom. The lowest BCUT2D eigenvalue weighted by atomic mass is 10.1. The van der Waals surface area contributed by atoms with Crippen LogP contribution in [0.4, 0.5) is 0 Å². The molecular formula is C16H18N2OS. The summed E-state index contributed by atoms with van der Waals surface area (Å²) >= 11 is 1.71. The van der Waals surface area contributed by atoms with Crippen LogP contribution in [0.3, 0.4) is 0 Å². The number of nitrogens with zero attached hydrogens (tertiary/aromatic N) is 1. The van der Waals surface area contributed by atoms with E-state index in [2.05, 4.69) is 11.4 Å². The molecule has 4 heteroatoms. The summed E-state index contributed by atoms with van der Waals surface area (Å²) in [5, 5.41) is 2.06. The minimum absolute atomic E-state index is 0.0344. The van der Waals surface area contributed by atoms with Crippen molar-refractivity contribution in [2.45, 2.75) is 24.9 Å². The number of hydrogen-bond donors (Lipinski definition) is 1. The predicted octanol–water partition coefficient (Wildman–Crippen LogP) is 3.11. The molecule has 2 heterocycles. The fraction of sp³-hybridized carbons (Fsp3) is 0.312. The zero-order valence-electron chi connectivity index (χ0n) is 11.2. The van der Waals surface area contributed by atoms with Crippen LogP contribution in [0, 0.1) is 0 Å². The van der Waals surface area contributed by atoms with Gasteiger partial charge in [0.2, 0.25) is 5.91 Å². The molecule has 3 nitrogen and oxygen atoms in total. The largest absolute Gasteiger partial charge is 0.333 e. The molecule has 20 heavy (non-hydrogen) atoms. The van der Waals surface area contributed by atoms with E-state index < -0.39 is 6.04 Å². The van der Waals surface area contributed by atoms with Crippen molar-refractivity contribution in [2.24, 2.45) is 5.73 Å². The van der Waals surface area contributed by atoms with Crippen molar-refractivity contribution >= 4 is 17.2 Å². The number of hydrogen-bond acceptors (Lipinski definition) is 3. The van der Waals surface area contributed by atoms with Crippen molar-refractivity contribution in [3.63, 3.8) is 0 Å². The van der Waals surface area contributed by atoms with Gasteiger partial charge in [-0.3, -0.25) is 4.79 Å². The van der Waals surface area contributed by atoms with Gasteiger partial charge in [-0.05, 0) is 29.9 Å². The Hall–Kier alpha value is -1.65. The van der Waals surface area contributed by atoms with Crippen molar-refractivity contribution < 1.29 is 4.79 Å². The highest BCUT2D eigenvalue weighted by Crippen LogP contribution is 2.35. The molecule has 2 N–H and O–H groups in total. The first-order chi connectivity index (χ1) is 9.77. The highest BCUT2D eigenvalue weighted by atomic mass is 32.1. The molecule has 0 spiro atoms. The quantitative estimate of drug-likeness (QED) is 0.942. The van der Waals surface area contributed by atoms with Gasteiger partial charge in [-0.25, -0.2) is 0 Å². The number of amides is 1. The van der Waals surface area contributed by atoms with Crippen LogP contribution in [0.2, 0.25) is 0 Å². The fourth-order valence-corrected chi connectivity index (χ4v) is 3.66. The lowest BCUT2D eigenvalue weighted by Crippen LogP contribution is -2.37. The molecule has 3 rings (SSSR count). The number of rotatable bonds is 3. The van der Waals surface area contributed by atoms with Crippen molar-refractivity contribution in [1.82, 2.24) is 4.90 Å². The molecule has 1 aliphatic rings. The van der Waals surface area contributed by atoms with E-state index in [0.717, 1.165) is 24.9 Å². The fourth-order valence-electron chi connectivity index (χ4n) is 2.79. The molecule has 104 valence electrons. The molecular weight excluding hydrogens is 268 g/mol. The van der Waals surface area contributed by atoms with E-state index in [0.29, 0.717) is 0 Å². The summed E-state index contributed by atoms with van der Waals surface area (Å²) < 4.78 is 0. The second-order valence-corrected chi connectivity index (χ2v) is 6.07. The van der Waals surface area contributed by atoms with E-state index in [1.54, 1.807) is 11.3 Å². The minimum atomic E-state index is -0.559. The summed E-state index contributed by atoms with van der Waals surface area (Å²) in [6.45, 7) is 0.807. The molecule has 0 aliphatic carbocycles. The molecule has 2 aromatic rings. The topological polar surface area (TPSA) is 46.3 Å². The maximum Gasteiger partial charge on any atom is 0.244 e. The normalized spacial score (nSPS) is 20.1. The Bertz CT molecular complexity index is 567. The van der Waals surface area contributed by atoms with Gasteiger partial charge >= 0.3 is 0 Å². The Kier molecular flexibility index (Phi) is 3.85. The molecule has 0 radical (unpaired) electrons. The summed E-state index contributed by atoms with van der Waals surface area (Å²) in [6, 6.07) is 13.4. The standard InChI is InChI=1S/C16H18N2OS/c17-15(12-6-2-1-3-7-12)16(19)18-10-4-8-13(18)14-9-5-11-20-14/h1-3,5-7,9,11,13,15H,4,8,10,17H2. The molecule has 0 bridgehead atoms. The van der Waals surface area contributed by atoms with Gasteiger partial charge < -0.3 is 10.6 Å². The van der Waals surface area contributed by atoms with Crippen LogP contribution in [0.15, 0.2) is 47.8 Å². The number of likely N-dealkylation sites (tertiary alicyclic amines) is 1. The maximum absolute atomic E-state index is 12.7. The summed E-state index contributed by atoms with van der Waals surface area (Å²) in [5.74, 6) is 0.0344. The van der Waals surface area contributed by atoms with Crippen LogP contribution >= 0.6 is 11.3 Å². The van der Waals surface area contributed by atoms with E-state index in [-0.39, 0.29) is 11.9 Å². The van der Waals surface area contributed by atoms with Gasteiger partial charge in [-0.2, -0.15) is 0 Å². The van der Waals surface area contributed by atoms with E-state index in [9.17, 15) is 4.79 Å². The van der Waals surface area contributed by atoms with Crippen molar-refractivity contribution in [1.29, 1.82) is 0 Å². The van der Waals surface area contributed by atoms with E-state index in [1.165, 1.54) is 4.88 Å². The molecule has 2 atom stereocenters. The number of carbonyl (C=O) groups is 1. The van der Waals surface area contributed by atoms with E-state index in [1.807, 2.05) is 41.3 Å². The van der Waals surface area contributed by atoms with Gasteiger partial charge in [0, 0.05) is 11.4 Å². The molecule has 0 saturated carbocycles.